The van der Waals surface area contributed by atoms with E-state index in [2.05, 4.69) is 31.0 Å². The molecule has 0 radical (unpaired) electrons. The zero-order valence-corrected chi connectivity index (χ0v) is 14.1. The molecule has 0 amide bonds. The molecule has 0 saturated carbocycles. The maximum absolute atomic E-state index is 11.6. The molecule has 4 nitrogen and oxygen atoms in total. The normalized spacial score (nSPS) is 14.3. The zero-order chi connectivity index (χ0) is 14.9. The van der Waals surface area contributed by atoms with Crippen molar-refractivity contribution in [3.05, 3.63) is 0 Å². The molecule has 1 unspecified atom stereocenters. The Balaban J connectivity index is 3.74. The highest BCUT2D eigenvalue weighted by molar-refractivity contribution is 7.92. The number of hydrogen-bond donors (Lipinski definition) is 1. The summed E-state index contributed by atoms with van der Waals surface area (Å²) >= 11 is 0. The SMILES string of the molecule is CCN(CC)CCCC(C)NCCS(=O)(=O)C(C)C. The standard InChI is InChI=1S/C14H32N2O2S/c1-6-16(7-2)11-8-9-14(5)15-10-12-19(17,18)13(3)4/h13-15H,6-12H2,1-5H3. The van der Waals surface area contributed by atoms with Gasteiger partial charge in [0.15, 0.2) is 9.84 Å². The summed E-state index contributed by atoms with van der Waals surface area (Å²) in [6, 6.07) is 0.387. The average Bonchev–Trinajstić information content (AvgIpc) is 2.34. The van der Waals surface area contributed by atoms with Gasteiger partial charge in [-0.25, -0.2) is 8.42 Å². The first-order chi connectivity index (χ1) is 8.83. The van der Waals surface area contributed by atoms with E-state index < -0.39 is 9.84 Å². The molecule has 0 aromatic carbocycles. The Morgan fingerprint density at radius 2 is 1.68 bits per heavy atom. The van der Waals surface area contributed by atoms with Gasteiger partial charge in [-0.1, -0.05) is 13.8 Å². The fourth-order valence-electron chi connectivity index (χ4n) is 1.95. The molecule has 0 saturated heterocycles. The number of rotatable bonds is 11. The largest absolute Gasteiger partial charge is 0.313 e. The van der Waals surface area contributed by atoms with Crippen LogP contribution in [0.1, 0.15) is 47.5 Å². The van der Waals surface area contributed by atoms with Gasteiger partial charge in [0.2, 0.25) is 0 Å². The highest BCUT2D eigenvalue weighted by Crippen LogP contribution is 2.02. The van der Waals surface area contributed by atoms with Crippen LogP contribution >= 0.6 is 0 Å². The topological polar surface area (TPSA) is 49.4 Å². The molecule has 0 bridgehead atoms. The minimum absolute atomic E-state index is 0.241. The molecule has 0 aromatic rings. The summed E-state index contributed by atoms with van der Waals surface area (Å²) < 4.78 is 23.3. The van der Waals surface area contributed by atoms with Gasteiger partial charge < -0.3 is 10.2 Å². The van der Waals surface area contributed by atoms with Gasteiger partial charge in [-0.3, -0.25) is 0 Å². The Morgan fingerprint density at radius 1 is 1.11 bits per heavy atom. The Kier molecular flexibility index (Phi) is 9.66. The van der Waals surface area contributed by atoms with Crippen molar-refractivity contribution in [2.45, 2.75) is 58.8 Å². The molecular weight excluding hydrogens is 260 g/mol. The van der Waals surface area contributed by atoms with Gasteiger partial charge in [-0.15, -0.1) is 0 Å². The molecule has 0 fully saturated rings. The third kappa shape index (κ3) is 8.60. The highest BCUT2D eigenvalue weighted by atomic mass is 32.2. The van der Waals surface area contributed by atoms with E-state index in [4.69, 9.17) is 0 Å². The van der Waals surface area contributed by atoms with Crippen LogP contribution in [-0.2, 0) is 9.84 Å². The summed E-state index contributed by atoms with van der Waals surface area (Å²) in [4.78, 5) is 2.41. The van der Waals surface area contributed by atoms with Crippen molar-refractivity contribution < 1.29 is 8.42 Å². The van der Waals surface area contributed by atoms with Gasteiger partial charge >= 0.3 is 0 Å². The van der Waals surface area contributed by atoms with Gasteiger partial charge in [0.1, 0.15) is 0 Å². The van der Waals surface area contributed by atoms with Crippen molar-refractivity contribution in [3.63, 3.8) is 0 Å². The van der Waals surface area contributed by atoms with E-state index in [-0.39, 0.29) is 11.0 Å². The second-order valence-electron chi connectivity index (χ2n) is 5.44. The van der Waals surface area contributed by atoms with Crippen LogP contribution in [0, 0.1) is 0 Å². The molecule has 0 aliphatic rings. The van der Waals surface area contributed by atoms with Crippen molar-refractivity contribution >= 4 is 9.84 Å². The molecule has 19 heavy (non-hydrogen) atoms. The molecule has 1 atom stereocenters. The van der Waals surface area contributed by atoms with Gasteiger partial charge in [-0.2, -0.15) is 0 Å². The van der Waals surface area contributed by atoms with E-state index in [1.54, 1.807) is 13.8 Å². The van der Waals surface area contributed by atoms with Crippen molar-refractivity contribution in [2.24, 2.45) is 0 Å². The molecule has 0 aliphatic carbocycles. The molecule has 0 rings (SSSR count). The fourth-order valence-corrected chi connectivity index (χ4v) is 2.82. The molecule has 0 aromatic heterocycles. The summed E-state index contributed by atoms with van der Waals surface area (Å²) in [5.74, 6) is 0.241. The van der Waals surface area contributed by atoms with Crippen LogP contribution in [0.2, 0.25) is 0 Å². The summed E-state index contributed by atoms with van der Waals surface area (Å²) in [6.07, 6.45) is 2.25. The molecular formula is C14H32N2O2S. The smallest absolute Gasteiger partial charge is 0.153 e. The lowest BCUT2D eigenvalue weighted by Crippen LogP contribution is -2.33. The summed E-state index contributed by atoms with van der Waals surface area (Å²) in [7, 11) is -2.91. The Labute approximate surface area is 119 Å². The zero-order valence-electron chi connectivity index (χ0n) is 13.3. The van der Waals surface area contributed by atoms with Crippen molar-refractivity contribution in [1.82, 2.24) is 10.2 Å². The van der Waals surface area contributed by atoms with Crippen LogP contribution in [0.5, 0.6) is 0 Å². The van der Waals surface area contributed by atoms with Crippen LogP contribution in [0.4, 0.5) is 0 Å². The Hall–Kier alpha value is -0.130. The fraction of sp³-hybridized carbons (Fsp3) is 1.00. The Morgan fingerprint density at radius 3 is 2.16 bits per heavy atom. The molecule has 5 heteroatoms. The first-order valence-electron chi connectivity index (χ1n) is 7.50. The highest BCUT2D eigenvalue weighted by Gasteiger charge is 2.15. The van der Waals surface area contributed by atoms with Crippen LogP contribution in [0.15, 0.2) is 0 Å². The average molecular weight is 292 g/mol. The van der Waals surface area contributed by atoms with E-state index >= 15 is 0 Å². The number of sulfone groups is 1. The van der Waals surface area contributed by atoms with E-state index in [1.165, 1.54) is 0 Å². The minimum Gasteiger partial charge on any atom is -0.313 e. The lowest BCUT2D eigenvalue weighted by molar-refractivity contribution is 0.291. The summed E-state index contributed by atoms with van der Waals surface area (Å²) in [5, 5.41) is 3.03. The monoisotopic (exact) mass is 292 g/mol. The first-order valence-corrected chi connectivity index (χ1v) is 9.22. The van der Waals surface area contributed by atoms with E-state index in [1.807, 2.05) is 0 Å². The van der Waals surface area contributed by atoms with Gasteiger partial charge in [-0.05, 0) is 53.2 Å². The van der Waals surface area contributed by atoms with Crippen LogP contribution < -0.4 is 5.32 Å². The number of hydrogen-bond acceptors (Lipinski definition) is 4. The predicted molar refractivity (Wildman–Crippen MR) is 83.4 cm³/mol. The van der Waals surface area contributed by atoms with Crippen molar-refractivity contribution in [2.75, 3.05) is 31.9 Å². The van der Waals surface area contributed by atoms with E-state index in [0.717, 1.165) is 32.5 Å². The lowest BCUT2D eigenvalue weighted by atomic mass is 10.2. The van der Waals surface area contributed by atoms with Crippen LogP contribution in [0.25, 0.3) is 0 Å². The third-order valence-corrected chi connectivity index (χ3v) is 5.81. The van der Waals surface area contributed by atoms with Crippen LogP contribution in [-0.4, -0.2) is 56.5 Å². The van der Waals surface area contributed by atoms with E-state index in [0.29, 0.717) is 12.6 Å². The van der Waals surface area contributed by atoms with Gasteiger partial charge in [0, 0.05) is 12.6 Å². The lowest BCUT2D eigenvalue weighted by Gasteiger charge is -2.20. The second-order valence-corrected chi connectivity index (χ2v) is 8.12. The van der Waals surface area contributed by atoms with E-state index in [9.17, 15) is 8.42 Å². The molecule has 0 spiro atoms. The van der Waals surface area contributed by atoms with Gasteiger partial charge in [0.05, 0.1) is 11.0 Å². The summed E-state index contributed by atoms with van der Waals surface area (Å²) in [6.45, 7) is 13.9. The quantitative estimate of drug-likeness (QED) is 0.632. The minimum atomic E-state index is -2.91. The third-order valence-electron chi connectivity index (χ3n) is 3.60. The Bertz CT molecular complexity index is 311. The molecule has 1 N–H and O–H groups in total. The molecule has 0 heterocycles. The second kappa shape index (κ2) is 9.72. The maximum Gasteiger partial charge on any atom is 0.153 e. The van der Waals surface area contributed by atoms with Crippen molar-refractivity contribution in [3.8, 4) is 0 Å². The van der Waals surface area contributed by atoms with Crippen LogP contribution in [0.3, 0.4) is 0 Å². The van der Waals surface area contributed by atoms with Crippen molar-refractivity contribution in [1.29, 1.82) is 0 Å². The summed E-state index contributed by atoms with van der Waals surface area (Å²) in [5.41, 5.74) is 0. The number of nitrogens with zero attached hydrogens (tertiary/aromatic N) is 1. The predicted octanol–water partition coefficient (Wildman–Crippen LogP) is 1.91. The van der Waals surface area contributed by atoms with Gasteiger partial charge in [0.25, 0.3) is 0 Å². The molecule has 116 valence electrons. The number of nitrogens with one attached hydrogen (secondary N) is 1. The molecule has 0 aliphatic heterocycles. The maximum atomic E-state index is 11.6. The first kappa shape index (κ1) is 18.9.